The summed E-state index contributed by atoms with van der Waals surface area (Å²) in [5.74, 6) is 0.802. The summed E-state index contributed by atoms with van der Waals surface area (Å²) in [5.41, 5.74) is 6.32. The van der Waals surface area contributed by atoms with Gasteiger partial charge in [-0.1, -0.05) is 11.6 Å². The van der Waals surface area contributed by atoms with Crippen LogP contribution in [-0.4, -0.2) is 42.4 Å². The van der Waals surface area contributed by atoms with Crippen molar-refractivity contribution >= 4 is 27.3 Å². The lowest BCUT2D eigenvalue weighted by Crippen LogP contribution is -2.46. The van der Waals surface area contributed by atoms with Crippen molar-refractivity contribution in [1.29, 1.82) is 0 Å². The van der Waals surface area contributed by atoms with Gasteiger partial charge in [0.1, 0.15) is 5.82 Å². The minimum absolute atomic E-state index is 0.0250. The molecule has 18 heavy (non-hydrogen) atoms. The van der Waals surface area contributed by atoms with Gasteiger partial charge in [-0.2, -0.15) is 0 Å². The Kier molecular flexibility index (Phi) is 3.79. The molecule has 1 atom stereocenters. The zero-order chi connectivity index (χ0) is 13.3. The van der Waals surface area contributed by atoms with Gasteiger partial charge in [0, 0.05) is 19.1 Å². The lowest BCUT2D eigenvalue weighted by Gasteiger charge is -2.32. The first-order valence-corrected chi connectivity index (χ1v) is 7.93. The quantitative estimate of drug-likeness (QED) is 0.877. The number of sulfone groups is 1. The molecule has 1 unspecified atom stereocenters. The Morgan fingerprint density at radius 3 is 2.94 bits per heavy atom. The predicted octanol–water partition coefficient (Wildman–Crippen LogP) is 0.936. The molecule has 7 heteroatoms. The highest BCUT2D eigenvalue weighted by atomic mass is 35.5. The van der Waals surface area contributed by atoms with E-state index in [0.29, 0.717) is 29.6 Å². The Bertz CT molecular complexity index is 547. The standard InChI is InChI=1S/C11H16ClN3O2S/c1-8-7-18(16,17)5-4-15(8)6-10-9(12)2-3-11(13)14-10/h2-3,8H,4-7H2,1H3,(H2,13,14). The van der Waals surface area contributed by atoms with E-state index in [2.05, 4.69) is 9.88 Å². The predicted molar refractivity (Wildman–Crippen MR) is 72.2 cm³/mol. The van der Waals surface area contributed by atoms with Crippen LogP contribution in [0.25, 0.3) is 0 Å². The summed E-state index contributed by atoms with van der Waals surface area (Å²) >= 11 is 6.06. The molecule has 2 N–H and O–H groups in total. The molecule has 0 bridgehead atoms. The summed E-state index contributed by atoms with van der Waals surface area (Å²) in [6.45, 7) is 2.94. The molecule has 1 saturated heterocycles. The van der Waals surface area contributed by atoms with Crippen LogP contribution in [-0.2, 0) is 16.4 Å². The van der Waals surface area contributed by atoms with Crippen molar-refractivity contribution in [3.63, 3.8) is 0 Å². The van der Waals surface area contributed by atoms with Crippen LogP contribution in [0.4, 0.5) is 5.82 Å². The van der Waals surface area contributed by atoms with E-state index >= 15 is 0 Å². The van der Waals surface area contributed by atoms with Gasteiger partial charge in [0.05, 0.1) is 22.2 Å². The normalized spacial score (nSPS) is 24.0. The zero-order valence-electron chi connectivity index (χ0n) is 10.1. The maximum Gasteiger partial charge on any atom is 0.153 e. The summed E-state index contributed by atoms with van der Waals surface area (Å²) in [5, 5.41) is 0.560. The average molecular weight is 290 g/mol. The minimum Gasteiger partial charge on any atom is -0.384 e. The molecule has 0 saturated carbocycles. The average Bonchev–Trinajstić information content (AvgIpc) is 2.26. The summed E-state index contributed by atoms with van der Waals surface area (Å²) in [7, 11) is -2.90. The summed E-state index contributed by atoms with van der Waals surface area (Å²) in [6.07, 6.45) is 0. The number of hydrogen-bond donors (Lipinski definition) is 1. The second kappa shape index (κ2) is 5.03. The Morgan fingerprint density at radius 2 is 2.28 bits per heavy atom. The van der Waals surface area contributed by atoms with Crippen molar-refractivity contribution in [3.05, 3.63) is 22.8 Å². The molecular formula is C11H16ClN3O2S. The topological polar surface area (TPSA) is 76.3 Å². The molecule has 1 fully saturated rings. The zero-order valence-corrected chi connectivity index (χ0v) is 11.7. The highest BCUT2D eigenvalue weighted by Crippen LogP contribution is 2.20. The van der Waals surface area contributed by atoms with Crippen LogP contribution in [0.5, 0.6) is 0 Å². The fraction of sp³-hybridized carbons (Fsp3) is 0.545. The van der Waals surface area contributed by atoms with E-state index in [1.165, 1.54) is 0 Å². The lowest BCUT2D eigenvalue weighted by atomic mass is 10.2. The first kappa shape index (κ1) is 13.6. The third-order valence-corrected chi connectivity index (χ3v) is 5.24. The first-order chi connectivity index (χ1) is 8.37. The number of anilines is 1. The van der Waals surface area contributed by atoms with E-state index in [-0.39, 0.29) is 17.5 Å². The molecule has 100 valence electrons. The van der Waals surface area contributed by atoms with E-state index in [1.807, 2.05) is 6.92 Å². The molecule has 0 aliphatic carbocycles. The molecule has 0 radical (unpaired) electrons. The number of pyridine rings is 1. The molecule has 2 rings (SSSR count). The molecule has 0 amide bonds. The molecule has 0 aromatic carbocycles. The van der Waals surface area contributed by atoms with Crippen molar-refractivity contribution in [2.45, 2.75) is 19.5 Å². The van der Waals surface area contributed by atoms with E-state index in [1.54, 1.807) is 12.1 Å². The van der Waals surface area contributed by atoms with Crippen molar-refractivity contribution < 1.29 is 8.42 Å². The summed E-state index contributed by atoms with van der Waals surface area (Å²) in [6, 6.07) is 3.34. The van der Waals surface area contributed by atoms with E-state index in [9.17, 15) is 8.42 Å². The maximum absolute atomic E-state index is 11.5. The molecule has 1 aliphatic rings. The number of halogens is 1. The van der Waals surface area contributed by atoms with Gasteiger partial charge < -0.3 is 5.73 Å². The van der Waals surface area contributed by atoms with Gasteiger partial charge in [0.15, 0.2) is 9.84 Å². The van der Waals surface area contributed by atoms with Crippen LogP contribution in [0.15, 0.2) is 12.1 Å². The van der Waals surface area contributed by atoms with Crippen molar-refractivity contribution in [2.24, 2.45) is 0 Å². The second-order valence-corrected chi connectivity index (χ2v) is 7.23. The van der Waals surface area contributed by atoms with Gasteiger partial charge in [-0.25, -0.2) is 13.4 Å². The van der Waals surface area contributed by atoms with Crippen LogP contribution in [0.2, 0.25) is 5.02 Å². The van der Waals surface area contributed by atoms with Gasteiger partial charge >= 0.3 is 0 Å². The number of hydrogen-bond acceptors (Lipinski definition) is 5. The maximum atomic E-state index is 11.5. The van der Waals surface area contributed by atoms with Crippen LogP contribution < -0.4 is 5.73 Å². The van der Waals surface area contributed by atoms with Gasteiger partial charge in [0.25, 0.3) is 0 Å². The molecule has 1 aromatic rings. The molecule has 5 nitrogen and oxygen atoms in total. The molecular weight excluding hydrogens is 274 g/mol. The van der Waals surface area contributed by atoms with Crippen molar-refractivity contribution in [3.8, 4) is 0 Å². The Labute approximate surface area is 112 Å². The summed E-state index contributed by atoms with van der Waals surface area (Å²) in [4.78, 5) is 6.26. The highest BCUT2D eigenvalue weighted by Gasteiger charge is 2.28. The monoisotopic (exact) mass is 289 g/mol. The number of nitrogen functional groups attached to an aromatic ring is 1. The highest BCUT2D eigenvalue weighted by molar-refractivity contribution is 7.91. The Hall–Kier alpha value is -0.850. The number of aromatic nitrogens is 1. The lowest BCUT2D eigenvalue weighted by molar-refractivity contribution is 0.216. The molecule has 1 aromatic heterocycles. The third-order valence-electron chi connectivity index (χ3n) is 3.10. The number of nitrogens with zero attached hydrogens (tertiary/aromatic N) is 2. The fourth-order valence-corrected chi connectivity index (χ4v) is 3.86. The number of nitrogens with two attached hydrogens (primary N) is 1. The molecule has 2 heterocycles. The number of rotatable bonds is 2. The smallest absolute Gasteiger partial charge is 0.153 e. The van der Waals surface area contributed by atoms with Crippen LogP contribution in [0.1, 0.15) is 12.6 Å². The second-order valence-electron chi connectivity index (χ2n) is 4.60. The van der Waals surface area contributed by atoms with Crippen molar-refractivity contribution in [2.75, 3.05) is 23.8 Å². The van der Waals surface area contributed by atoms with Gasteiger partial charge in [-0.05, 0) is 19.1 Å². The minimum atomic E-state index is -2.90. The van der Waals surface area contributed by atoms with Gasteiger partial charge in [-0.3, -0.25) is 4.90 Å². The van der Waals surface area contributed by atoms with Crippen LogP contribution >= 0.6 is 11.6 Å². The molecule has 1 aliphatic heterocycles. The Balaban J connectivity index is 2.12. The van der Waals surface area contributed by atoms with Crippen molar-refractivity contribution in [1.82, 2.24) is 9.88 Å². The van der Waals surface area contributed by atoms with Crippen LogP contribution in [0.3, 0.4) is 0 Å². The van der Waals surface area contributed by atoms with Gasteiger partial charge in [0.2, 0.25) is 0 Å². The van der Waals surface area contributed by atoms with E-state index in [0.717, 1.165) is 0 Å². The molecule has 0 spiro atoms. The SMILES string of the molecule is CC1CS(=O)(=O)CCN1Cc1nc(N)ccc1Cl. The largest absolute Gasteiger partial charge is 0.384 e. The Morgan fingerprint density at radius 1 is 1.56 bits per heavy atom. The summed E-state index contributed by atoms with van der Waals surface area (Å²) < 4.78 is 23.0. The van der Waals surface area contributed by atoms with E-state index in [4.69, 9.17) is 17.3 Å². The van der Waals surface area contributed by atoms with Gasteiger partial charge in [-0.15, -0.1) is 0 Å². The first-order valence-electron chi connectivity index (χ1n) is 5.73. The van der Waals surface area contributed by atoms with Crippen LogP contribution in [0, 0.1) is 0 Å². The van der Waals surface area contributed by atoms with E-state index < -0.39 is 9.84 Å². The third kappa shape index (κ3) is 3.13. The fourth-order valence-electron chi connectivity index (χ4n) is 2.07.